The maximum Gasteiger partial charge on any atom is 0.162 e. The van der Waals surface area contributed by atoms with Gasteiger partial charge in [0, 0.05) is 33.3 Å². The van der Waals surface area contributed by atoms with Gasteiger partial charge in [0.15, 0.2) is 5.78 Å². The molecule has 192 valence electrons. The van der Waals surface area contributed by atoms with E-state index in [-0.39, 0.29) is 17.7 Å². The molecule has 0 unspecified atom stereocenters. The number of ketones is 1. The highest BCUT2D eigenvalue weighted by Crippen LogP contribution is 2.51. The van der Waals surface area contributed by atoms with E-state index in [1.807, 2.05) is 24.3 Å². The third-order valence-electron chi connectivity index (χ3n) is 7.72. The number of carbonyl (C=O) groups is 1. The second kappa shape index (κ2) is 10.5. The molecule has 0 bridgehead atoms. The van der Waals surface area contributed by atoms with Gasteiger partial charge in [-0.3, -0.25) is 4.79 Å². The molecule has 0 aromatic heterocycles. The molecule has 0 amide bonds. The average molecular weight is 543 g/mol. The van der Waals surface area contributed by atoms with Crippen molar-refractivity contribution >= 4 is 51.0 Å². The Hall–Kier alpha value is -3.27. The third-order valence-corrected chi connectivity index (χ3v) is 8.28. The lowest BCUT2D eigenvalue weighted by Crippen LogP contribution is -2.29. The van der Waals surface area contributed by atoms with Crippen LogP contribution in [0, 0.1) is 0 Å². The maximum atomic E-state index is 14.0. The number of ether oxygens (including phenoxy) is 1. The van der Waals surface area contributed by atoms with Gasteiger partial charge in [-0.2, -0.15) is 0 Å². The predicted octanol–water partition coefficient (Wildman–Crippen LogP) is 9.39. The van der Waals surface area contributed by atoms with Gasteiger partial charge in [0.25, 0.3) is 0 Å². The molecule has 1 heterocycles. The summed E-state index contributed by atoms with van der Waals surface area (Å²) in [5.74, 6) is 1.12. The highest BCUT2D eigenvalue weighted by Gasteiger charge is 2.39. The van der Waals surface area contributed by atoms with Crippen LogP contribution in [0.5, 0.6) is 5.75 Å². The fourth-order valence-corrected chi connectivity index (χ4v) is 6.34. The van der Waals surface area contributed by atoms with E-state index < -0.39 is 0 Å². The van der Waals surface area contributed by atoms with Crippen LogP contribution in [0.25, 0.3) is 16.3 Å². The smallest absolute Gasteiger partial charge is 0.162 e. The number of hydrogen-bond donors (Lipinski definition) is 1. The first-order valence-corrected chi connectivity index (χ1v) is 14.0. The molecule has 1 N–H and O–H groups in total. The molecule has 2 atom stereocenters. The van der Waals surface area contributed by atoms with Crippen molar-refractivity contribution in [1.82, 2.24) is 0 Å². The van der Waals surface area contributed by atoms with Gasteiger partial charge in [-0.05, 0) is 76.6 Å². The molecule has 1 aliphatic carbocycles. The van der Waals surface area contributed by atoms with E-state index in [4.69, 9.17) is 27.9 Å². The molecule has 0 fully saturated rings. The van der Waals surface area contributed by atoms with Crippen molar-refractivity contribution in [3.63, 3.8) is 0 Å². The van der Waals surface area contributed by atoms with Crippen LogP contribution in [0.2, 0.25) is 10.0 Å². The molecule has 2 aliphatic rings. The van der Waals surface area contributed by atoms with E-state index in [0.29, 0.717) is 16.5 Å². The zero-order valence-electron chi connectivity index (χ0n) is 21.3. The second-order valence-electron chi connectivity index (χ2n) is 10.1. The molecule has 3 nitrogen and oxygen atoms in total. The Balaban J connectivity index is 1.45. The topological polar surface area (TPSA) is 38.3 Å². The molecule has 0 spiro atoms. The summed E-state index contributed by atoms with van der Waals surface area (Å²) in [6.45, 7) is 2.88. The van der Waals surface area contributed by atoms with Crippen molar-refractivity contribution < 1.29 is 9.53 Å². The number of allylic oxidation sites excluding steroid dienone is 1. The molecular weight excluding hydrogens is 513 g/mol. The first kappa shape index (κ1) is 25.0. The largest absolute Gasteiger partial charge is 0.494 e. The van der Waals surface area contributed by atoms with E-state index in [1.54, 1.807) is 6.07 Å². The van der Waals surface area contributed by atoms with Crippen LogP contribution in [0.1, 0.15) is 61.3 Å². The van der Waals surface area contributed by atoms with Crippen molar-refractivity contribution in [2.45, 2.75) is 44.6 Å². The van der Waals surface area contributed by atoms with Crippen LogP contribution in [0.4, 0.5) is 5.69 Å². The number of rotatable bonds is 6. The van der Waals surface area contributed by atoms with Crippen molar-refractivity contribution in [1.29, 1.82) is 0 Å². The highest BCUT2D eigenvalue weighted by atomic mass is 35.5. The SMILES string of the molecule is CCCCOc1ccc([C@H]2CC(=O)C3=C(C2)c2c(ccc4ccccc24)N[C@@H]3c2ccc(Cl)cc2Cl)cc1. The van der Waals surface area contributed by atoms with Crippen LogP contribution in [0.3, 0.4) is 0 Å². The number of hydrogen-bond acceptors (Lipinski definition) is 3. The summed E-state index contributed by atoms with van der Waals surface area (Å²) in [6, 6.07) is 26.1. The first-order valence-electron chi connectivity index (χ1n) is 13.3. The minimum Gasteiger partial charge on any atom is -0.494 e. The minimum atomic E-state index is -0.328. The van der Waals surface area contributed by atoms with Gasteiger partial charge < -0.3 is 10.1 Å². The first-order chi connectivity index (χ1) is 18.5. The molecular formula is C33H29Cl2NO2. The van der Waals surface area contributed by atoms with Crippen molar-refractivity contribution in [3.05, 3.63) is 111 Å². The van der Waals surface area contributed by atoms with E-state index in [2.05, 4.69) is 60.8 Å². The van der Waals surface area contributed by atoms with Crippen LogP contribution in [0.15, 0.2) is 84.4 Å². The van der Waals surface area contributed by atoms with E-state index in [9.17, 15) is 4.79 Å². The maximum absolute atomic E-state index is 14.0. The molecule has 5 heteroatoms. The molecule has 4 aromatic rings. The van der Waals surface area contributed by atoms with E-state index in [0.717, 1.165) is 75.9 Å². The fourth-order valence-electron chi connectivity index (χ4n) is 5.82. The summed E-state index contributed by atoms with van der Waals surface area (Å²) >= 11 is 12.9. The number of fused-ring (bicyclic) bond motifs is 4. The Morgan fingerprint density at radius 1 is 0.947 bits per heavy atom. The fraction of sp³-hybridized carbons (Fsp3) is 0.242. The Labute approximate surface area is 233 Å². The van der Waals surface area contributed by atoms with Gasteiger partial charge in [-0.15, -0.1) is 0 Å². The predicted molar refractivity (Wildman–Crippen MR) is 158 cm³/mol. The van der Waals surface area contributed by atoms with Crippen LogP contribution in [-0.4, -0.2) is 12.4 Å². The molecule has 4 aromatic carbocycles. The Kier molecular flexibility index (Phi) is 6.90. The summed E-state index contributed by atoms with van der Waals surface area (Å²) in [5.41, 5.74) is 6.09. The number of unbranched alkanes of at least 4 members (excludes halogenated alkanes) is 1. The quantitative estimate of drug-likeness (QED) is 0.247. The lowest BCUT2D eigenvalue weighted by molar-refractivity contribution is -0.116. The summed E-state index contributed by atoms with van der Waals surface area (Å²) in [6.07, 6.45) is 3.38. The zero-order chi connectivity index (χ0) is 26.2. The van der Waals surface area contributed by atoms with Gasteiger partial charge >= 0.3 is 0 Å². The molecule has 38 heavy (non-hydrogen) atoms. The van der Waals surface area contributed by atoms with Gasteiger partial charge in [0.05, 0.1) is 12.6 Å². The van der Waals surface area contributed by atoms with Gasteiger partial charge in [-0.1, -0.05) is 85.1 Å². The Bertz CT molecular complexity index is 1560. The molecule has 6 rings (SSSR count). The van der Waals surface area contributed by atoms with Crippen LogP contribution in [-0.2, 0) is 4.79 Å². The number of benzene rings is 4. The molecule has 1 aliphatic heterocycles. The standard InChI is InChI=1S/C33H29Cl2NO2/c1-2-3-16-38-24-12-8-20(9-13-24)22-17-27-31-25-7-5-4-6-21(25)10-15-29(31)36-33(32(27)30(37)18-22)26-14-11-23(34)19-28(26)35/h4-15,19,22,33,36H,2-3,16-18H2,1H3/t22-,33-/m1/s1. The lowest BCUT2D eigenvalue weighted by Gasteiger charge is -2.38. The monoisotopic (exact) mass is 541 g/mol. The molecule has 0 radical (unpaired) electrons. The third kappa shape index (κ3) is 4.59. The summed E-state index contributed by atoms with van der Waals surface area (Å²) in [4.78, 5) is 14.0. The van der Waals surface area contributed by atoms with Crippen molar-refractivity contribution in [3.8, 4) is 5.75 Å². The normalized spacial score (nSPS) is 18.7. The van der Waals surface area contributed by atoms with Crippen LogP contribution >= 0.6 is 23.2 Å². The van der Waals surface area contributed by atoms with Gasteiger partial charge in [-0.25, -0.2) is 0 Å². The zero-order valence-corrected chi connectivity index (χ0v) is 22.8. The average Bonchev–Trinajstić information content (AvgIpc) is 2.93. The molecule has 0 saturated carbocycles. The number of carbonyl (C=O) groups excluding carboxylic acids is 1. The number of Topliss-reactive ketones (excluding diaryl/α,β-unsaturated/α-hetero) is 1. The number of nitrogens with one attached hydrogen (secondary N) is 1. The second-order valence-corrected chi connectivity index (χ2v) is 11.0. The number of halogens is 2. The lowest BCUT2D eigenvalue weighted by atomic mass is 9.71. The van der Waals surface area contributed by atoms with Crippen molar-refractivity contribution in [2.24, 2.45) is 0 Å². The van der Waals surface area contributed by atoms with Gasteiger partial charge in [0.1, 0.15) is 5.75 Å². The minimum absolute atomic E-state index is 0.0946. The summed E-state index contributed by atoms with van der Waals surface area (Å²) in [5, 5.41) is 7.10. The van der Waals surface area contributed by atoms with Crippen molar-refractivity contribution in [2.75, 3.05) is 11.9 Å². The Morgan fingerprint density at radius 2 is 1.76 bits per heavy atom. The summed E-state index contributed by atoms with van der Waals surface area (Å²) in [7, 11) is 0. The number of anilines is 1. The molecule has 0 saturated heterocycles. The van der Waals surface area contributed by atoms with E-state index in [1.165, 1.54) is 0 Å². The van der Waals surface area contributed by atoms with E-state index >= 15 is 0 Å². The Morgan fingerprint density at radius 3 is 2.55 bits per heavy atom. The van der Waals surface area contributed by atoms with Gasteiger partial charge in [0.2, 0.25) is 0 Å². The van der Waals surface area contributed by atoms with Crippen LogP contribution < -0.4 is 10.1 Å². The summed E-state index contributed by atoms with van der Waals surface area (Å²) < 4.78 is 5.87. The highest BCUT2D eigenvalue weighted by molar-refractivity contribution is 6.35.